The van der Waals surface area contributed by atoms with E-state index in [0.717, 1.165) is 16.3 Å². The Balaban J connectivity index is 1.76. The van der Waals surface area contributed by atoms with Crippen molar-refractivity contribution < 1.29 is 19.4 Å². The highest BCUT2D eigenvalue weighted by atomic mass is 35.5. The number of Topliss-reactive ketones (excluding diaryl/α,β-unsaturated/α-hetero) is 1. The van der Waals surface area contributed by atoms with Crippen LogP contribution in [0.2, 0.25) is 5.02 Å². The van der Waals surface area contributed by atoms with Gasteiger partial charge in [-0.25, -0.2) is 0 Å². The van der Waals surface area contributed by atoms with E-state index < -0.39 is 17.7 Å². The minimum Gasteiger partial charge on any atom is -0.507 e. The lowest BCUT2D eigenvalue weighted by molar-refractivity contribution is -0.132. The van der Waals surface area contributed by atoms with Gasteiger partial charge in [0.15, 0.2) is 0 Å². The smallest absolute Gasteiger partial charge is 0.300 e. The van der Waals surface area contributed by atoms with E-state index in [0.29, 0.717) is 27.6 Å². The van der Waals surface area contributed by atoms with Crippen molar-refractivity contribution >= 4 is 45.5 Å². The van der Waals surface area contributed by atoms with Crippen LogP contribution in [0.1, 0.15) is 22.7 Å². The van der Waals surface area contributed by atoms with Crippen molar-refractivity contribution in [2.24, 2.45) is 0 Å². The summed E-state index contributed by atoms with van der Waals surface area (Å²) in [5.41, 5.74) is 2.32. The number of benzene rings is 4. The Morgan fingerprint density at radius 1 is 0.914 bits per heavy atom. The molecule has 1 atom stereocenters. The number of fused-ring (bicyclic) bond motifs is 1. The average Bonchev–Trinajstić information content (AvgIpc) is 3.15. The van der Waals surface area contributed by atoms with Crippen LogP contribution in [-0.4, -0.2) is 23.9 Å². The van der Waals surface area contributed by atoms with Crippen molar-refractivity contribution in [3.8, 4) is 5.75 Å². The Labute approximate surface area is 207 Å². The zero-order chi connectivity index (χ0) is 24.7. The summed E-state index contributed by atoms with van der Waals surface area (Å²) in [5, 5.41) is 13.8. The third kappa shape index (κ3) is 3.84. The molecule has 0 aliphatic carbocycles. The molecular weight excluding hydrogens is 462 g/mol. The van der Waals surface area contributed by atoms with Crippen LogP contribution in [-0.2, 0) is 9.59 Å². The van der Waals surface area contributed by atoms with E-state index in [1.807, 2.05) is 37.3 Å². The molecular formula is C29H22ClNO4. The number of halogens is 1. The Bertz CT molecular complexity index is 1520. The zero-order valence-electron chi connectivity index (χ0n) is 19.2. The number of aliphatic hydroxyl groups excluding tert-OH is 1. The van der Waals surface area contributed by atoms with E-state index >= 15 is 0 Å². The zero-order valence-corrected chi connectivity index (χ0v) is 19.9. The molecule has 1 aliphatic heterocycles. The molecule has 0 aromatic heterocycles. The fraction of sp³-hybridized carbons (Fsp3) is 0.103. The van der Waals surface area contributed by atoms with Crippen molar-refractivity contribution in [3.05, 3.63) is 112 Å². The molecule has 6 heteroatoms. The first-order valence-corrected chi connectivity index (χ1v) is 11.5. The number of rotatable bonds is 4. The number of carbonyl (C=O) groups is 2. The van der Waals surface area contributed by atoms with Gasteiger partial charge in [-0.2, -0.15) is 0 Å². The molecule has 1 amide bonds. The number of nitrogens with zero attached hydrogens (tertiary/aromatic N) is 1. The number of ketones is 1. The van der Waals surface area contributed by atoms with Crippen LogP contribution >= 0.6 is 11.6 Å². The molecule has 0 saturated carbocycles. The number of hydrogen-bond acceptors (Lipinski definition) is 4. The number of methoxy groups -OCH3 is 1. The van der Waals surface area contributed by atoms with Crippen LogP contribution in [0.25, 0.3) is 16.5 Å². The van der Waals surface area contributed by atoms with Crippen LogP contribution in [0.15, 0.2) is 90.5 Å². The predicted molar refractivity (Wildman–Crippen MR) is 138 cm³/mol. The van der Waals surface area contributed by atoms with Gasteiger partial charge in [0, 0.05) is 21.8 Å². The van der Waals surface area contributed by atoms with Crippen molar-refractivity contribution in [3.63, 3.8) is 0 Å². The van der Waals surface area contributed by atoms with Crippen molar-refractivity contribution in [1.82, 2.24) is 0 Å². The molecule has 0 spiro atoms. The third-order valence-electron chi connectivity index (χ3n) is 6.33. The van der Waals surface area contributed by atoms with E-state index in [2.05, 4.69) is 0 Å². The SMILES string of the molecule is COc1ccccc1C1/C(=C(\O)c2ccc3ccccc3c2)C(=O)C(=O)N1c1ccc(C)c(Cl)c1. The molecule has 4 aromatic carbocycles. The number of carbonyl (C=O) groups excluding carboxylic acids is 2. The first-order chi connectivity index (χ1) is 16.9. The van der Waals surface area contributed by atoms with Crippen LogP contribution in [0, 0.1) is 6.92 Å². The highest BCUT2D eigenvalue weighted by molar-refractivity contribution is 6.52. The Kier molecular flexibility index (Phi) is 5.79. The first-order valence-electron chi connectivity index (χ1n) is 11.1. The fourth-order valence-corrected chi connectivity index (χ4v) is 4.68. The Morgan fingerprint density at radius 2 is 1.63 bits per heavy atom. The molecule has 1 unspecified atom stereocenters. The van der Waals surface area contributed by atoms with Crippen LogP contribution in [0.5, 0.6) is 5.75 Å². The lowest BCUT2D eigenvalue weighted by Gasteiger charge is -2.27. The third-order valence-corrected chi connectivity index (χ3v) is 6.74. The fourth-order valence-electron chi connectivity index (χ4n) is 4.51. The number of ether oxygens (including phenoxy) is 1. The normalized spacial score (nSPS) is 17.2. The summed E-state index contributed by atoms with van der Waals surface area (Å²) in [6.07, 6.45) is 0. The Hall–Kier alpha value is -4.09. The summed E-state index contributed by atoms with van der Waals surface area (Å²) >= 11 is 6.37. The maximum absolute atomic E-state index is 13.4. The quantitative estimate of drug-likeness (QED) is 0.206. The van der Waals surface area contributed by atoms with Gasteiger partial charge in [0.05, 0.1) is 18.7 Å². The van der Waals surface area contributed by atoms with Crippen LogP contribution in [0.4, 0.5) is 5.69 Å². The molecule has 174 valence electrons. The van der Waals surface area contributed by atoms with Gasteiger partial charge in [-0.1, -0.05) is 72.3 Å². The van der Waals surface area contributed by atoms with Gasteiger partial charge in [-0.15, -0.1) is 0 Å². The van der Waals surface area contributed by atoms with Crippen molar-refractivity contribution in [1.29, 1.82) is 0 Å². The van der Waals surface area contributed by atoms with Gasteiger partial charge in [-0.3, -0.25) is 14.5 Å². The highest BCUT2D eigenvalue weighted by Gasteiger charge is 2.48. The predicted octanol–water partition coefficient (Wildman–Crippen LogP) is 6.44. The van der Waals surface area contributed by atoms with Gasteiger partial charge in [-0.05, 0) is 47.5 Å². The first kappa shape index (κ1) is 22.7. The molecule has 1 heterocycles. The van der Waals surface area contributed by atoms with Gasteiger partial charge in [0.1, 0.15) is 11.5 Å². The largest absolute Gasteiger partial charge is 0.507 e. The minimum atomic E-state index is -0.906. The van der Waals surface area contributed by atoms with E-state index in [-0.39, 0.29) is 11.3 Å². The number of para-hydroxylation sites is 1. The summed E-state index contributed by atoms with van der Waals surface area (Å²) < 4.78 is 5.57. The Morgan fingerprint density at radius 3 is 2.37 bits per heavy atom. The number of aliphatic hydroxyl groups is 1. The molecule has 1 saturated heterocycles. The molecule has 5 nitrogen and oxygen atoms in total. The number of anilines is 1. The maximum Gasteiger partial charge on any atom is 0.300 e. The van der Waals surface area contributed by atoms with Gasteiger partial charge < -0.3 is 9.84 Å². The van der Waals surface area contributed by atoms with E-state index in [1.165, 1.54) is 12.0 Å². The second-order valence-corrected chi connectivity index (χ2v) is 8.81. The second-order valence-electron chi connectivity index (χ2n) is 8.41. The topological polar surface area (TPSA) is 66.8 Å². The van der Waals surface area contributed by atoms with Gasteiger partial charge in [0.2, 0.25) is 0 Å². The molecule has 1 fully saturated rings. The maximum atomic E-state index is 13.4. The molecule has 1 aliphatic rings. The molecule has 5 rings (SSSR count). The number of aryl methyl sites for hydroxylation is 1. The lowest BCUT2D eigenvalue weighted by atomic mass is 9.93. The van der Waals surface area contributed by atoms with Crippen molar-refractivity contribution in [2.45, 2.75) is 13.0 Å². The van der Waals surface area contributed by atoms with Crippen LogP contribution < -0.4 is 9.64 Å². The van der Waals surface area contributed by atoms with Crippen LogP contribution in [0.3, 0.4) is 0 Å². The van der Waals surface area contributed by atoms with Gasteiger partial charge in [0.25, 0.3) is 11.7 Å². The molecule has 0 radical (unpaired) electrons. The van der Waals surface area contributed by atoms with E-state index in [4.69, 9.17) is 16.3 Å². The molecule has 4 aromatic rings. The molecule has 35 heavy (non-hydrogen) atoms. The summed E-state index contributed by atoms with van der Waals surface area (Å²) in [6, 6.07) is 24.6. The standard InChI is InChI=1S/C29H22ClNO4/c1-17-11-14-21(16-23(17)30)31-26(22-9-5-6-10-24(22)35-2)25(28(33)29(31)34)27(32)20-13-12-18-7-3-4-8-19(18)15-20/h3-16,26,32H,1-2H3/b27-25+. The van der Waals surface area contributed by atoms with E-state index in [9.17, 15) is 14.7 Å². The molecule has 0 bridgehead atoms. The number of hydrogen-bond donors (Lipinski definition) is 1. The second kappa shape index (κ2) is 8.93. The summed E-state index contributed by atoms with van der Waals surface area (Å²) in [7, 11) is 1.52. The van der Waals surface area contributed by atoms with Crippen molar-refractivity contribution in [2.75, 3.05) is 12.0 Å². The highest BCUT2D eigenvalue weighted by Crippen LogP contribution is 2.45. The molecule has 1 N–H and O–H groups in total. The number of amides is 1. The minimum absolute atomic E-state index is 0.00789. The van der Waals surface area contributed by atoms with E-state index in [1.54, 1.807) is 54.6 Å². The lowest BCUT2D eigenvalue weighted by Crippen LogP contribution is -2.29. The van der Waals surface area contributed by atoms with Gasteiger partial charge >= 0.3 is 0 Å². The summed E-state index contributed by atoms with van der Waals surface area (Å²) in [5.74, 6) is -1.27. The monoisotopic (exact) mass is 483 g/mol. The summed E-state index contributed by atoms with van der Waals surface area (Å²) in [6.45, 7) is 1.86. The summed E-state index contributed by atoms with van der Waals surface area (Å²) in [4.78, 5) is 28.2. The average molecular weight is 484 g/mol.